The van der Waals surface area contributed by atoms with Gasteiger partial charge in [0, 0.05) is 0 Å². The summed E-state index contributed by atoms with van der Waals surface area (Å²) in [6.07, 6.45) is 0. The van der Waals surface area contributed by atoms with Crippen molar-refractivity contribution < 1.29 is 19.8 Å². The van der Waals surface area contributed by atoms with E-state index in [9.17, 15) is 19.8 Å². The second-order valence-corrected chi connectivity index (χ2v) is 4.50. The van der Waals surface area contributed by atoms with Crippen LogP contribution in [0, 0.1) is 0 Å². The van der Waals surface area contributed by atoms with E-state index in [4.69, 9.17) is 0 Å². The van der Waals surface area contributed by atoms with Gasteiger partial charge >= 0.3 is 0 Å². The van der Waals surface area contributed by atoms with E-state index in [0.29, 0.717) is 0 Å². The van der Waals surface area contributed by atoms with Crippen molar-refractivity contribution in [2.24, 2.45) is 0 Å². The normalized spacial score (nSPS) is 9.64. The number of carbonyl (C=O) groups is 2. The summed E-state index contributed by atoms with van der Waals surface area (Å²) in [5.41, 5.74) is -0.111. The third-order valence-corrected chi connectivity index (χ3v) is 3.01. The van der Waals surface area contributed by atoms with Crippen LogP contribution in [0.4, 0.5) is 0 Å². The van der Waals surface area contributed by atoms with E-state index in [2.05, 4.69) is 48.5 Å². The van der Waals surface area contributed by atoms with Crippen LogP contribution in [-0.4, -0.2) is 11.9 Å². The molecule has 3 aromatic carbocycles. The Labute approximate surface area is 127 Å². The third kappa shape index (κ3) is 3.93. The zero-order chi connectivity index (χ0) is 15.9. The Balaban J connectivity index is 0.000000162. The SMILES string of the molecule is O=C([O-])c1ccc(C(=O)[O-])cc1.c1ccc2ccccc2c1. The van der Waals surface area contributed by atoms with Crippen molar-refractivity contribution in [3.8, 4) is 0 Å². The molecule has 110 valence electrons. The smallest absolute Gasteiger partial charge is 0.0715 e. The van der Waals surface area contributed by atoms with Gasteiger partial charge in [-0.05, 0) is 21.9 Å². The molecule has 0 spiro atoms. The molecule has 0 aliphatic heterocycles. The fourth-order valence-electron chi connectivity index (χ4n) is 1.88. The quantitative estimate of drug-likeness (QED) is 0.712. The highest BCUT2D eigenvalue weighted by Crippen LogP contribution is 2.11. The van der Waals surface area contributed by atoms with Gasteiger partial charge in [0.2, 0.25) is 0 Å². The molecule has 0 aromatic heterocycles. The van der Waals surface area contributed by atoms with Crippen molar-refractivity contribution in [2.45, 2.75) is 0 Å². The van der Waals surface area contributed by atoms with Crippen LogP contribution < -0.4 is 10.2 Å². The van der Waals surface area contributed by atoms with Crippen LogP contribution in [0.3, 0.4) is 0 Å². The standard InChI is InChI=1S/C10H8.C8H6O4/c1-2-6-10-8-4-3-7-9(10)5-1;9-7(10)5-1-2-6(4-3-5)8(11)12/h1-8H;1-4H,(H,9,10)(H,11,12)/p-2. The molecule has 3 rings (SSSR count). The van der Waals surface area contributed by atoms with Gasteiger partial charge in [-0.25, -0.2) is 0 Å². The summed E-state index contributed by atoms with van der Waals surface area (Å²) >= 11 is 0. The predicted octanol–water partition coefficient (Wildman–Crippen LogP) is 1.25. The van der Waals surface area contributed by atoms with Crippen molar-refractivity contribution in [2.75, 3.05) is 0 Å². The number of carboxylic acid groups (broad SMARTS) is 2. The Morgan fingerprint density at radius 1 is 0.545 bits per heavy atom. The maximum absolute atomic E-state index is 10.2. The molecule has 0 aliphatic rings. The Morgan fingerprint density at radius 3 is 1.05 bits per heavy atom. The molecule has 0 aliphatic carbocycles. The number of benzene rings is 3. The summed E-state index contributed by atoms with van der Waals surface area (Å²) in [6.45, 7) is 0. The van der Waals surface area contributed by atoms with E-state index in [-0.39, 0.29) is 11.1 Å². The van der Waals surface area contributed by atoms with E-state index in [1.807, 2.05) is 0 Å². The molecule has 0 atom stereocenters. The number of carboxylic acids is 2. The van der Waals surface area contributed by atoms with Crippen LogP contribution in [0.25, 0.3) is 10.8 Å². The fraction of sp³-hybridized carbons (Fsp3) is 0. The summed E-state index contributed by atoms with van der Waals surface area (Å²) in [5, 5.41) is 23.0. The molecule has 0 N–H and O–H groups in total. The molecule has 4 heteroatoms. The molecule has 4 nitrogen and oxygen atoms in total. The van der Waals surface area contributed by atoms with Crippen molar-refractivity contribution in [1.82, 2.24) is 0 Å². The third-order valence-electron chi connectivity index (χ3n) is 3.01. The fourth-order valence-corrected chi connectivity index (χ4v) is 1.88. The zero-order valence-electron chi connectivity index (χ0n) is 11.6. The maximum atomic E-state index is 10.2. The van der Waals surface area contributed by atoms with Gasteiger partial charge in [0.15, 0.2) is 0 Å². The number of hydrogen-bond donors (Lipinski definition) is 0. The minimum atomic E-state index is -1.33. The number of carbonyl (C=O) groups excluding carboxylic acids is 2. The largest absolute Gasteiger partial charge is 0.545 e. The summed E-state index contributed by atoms with van der Waals surface area (Å²) in [6, 6.07) is 21.3. The first kappa shape index (κ1) is 15.3. The lowest BCUT2D eigenvalue weighted by atomic mass is 10.1. The van der Waals surface area contributed by atoms with Gasteiger partial charge in [-0.15, -0.1) is 0 Å². The lowest BCUT2D eigenvalue weighted by molar-refractivity contribution is -0.256. The first-order chi connectivity index (χ1) is 10.6. The highest BCUT2D eigenvalue weighted by atomic mass is 16.4. The molecule has 0 saturated carbocycles. The van der Waals surface area contributed by atoms with Gasteiger partial charge in [-0.3, -0.25) is 0 Å². The van der Waals surface area contributed by atoms with Gasteiger partial charge in [-0.2, -0.15) is 0 Å². The average Bonchev–Trinajstić information content (AvgIpc) is 2.55. The Hall–Kier alpha value is -3.14. The van der Waals surface area contributed by atoms with Crippen LogP contribution >= 0.6 is 0 Å². The van der Waals surface area contributed by atoms with Gasteiger partial charge in [-0.1, -0.05) is 72.8 Å². The Morgan fingerprint density at radius 2 is 0.818 bits per heavy atom. The van der Waals surface area contributed by atoms with Crippen molar-refractivity contribution in [1.29, 1.82) is 0 Å². The molecule has 0 fully saturated rings. The molecular weight excluding hydrogens is 280 g/mol. The molecule has 0 radical (unpaired) electrons. The Bertz CT molecular complexity index is 693. The van der Waals surface area contributed by atoms with E-state index in [1.54, 1.807) is 0 Å². The lowest BCUT2D eigenvalue weighted by Gasteiger charge is -2.04. The van der Waals surface area contributed by atoms with Crippen LogP contribution in [0.5, 0.6) is 0 Å². The van der Waals surface area contributed by atoms with Crippen LogP contribution in [0.15, 0.2) is 72.8 Å². The van der Waals surface area contributed by atoms with E-state index in [0.717, 1.165) is 24.3 Å². The molecule has 22 heavy (non-hydrogen) atoms. The topological polar surface area (TPSA) is 80.3 Å². The van der Waals surface area contributed by atoms with Gasteiger partial charge < -0.3 is 19.8 Å². The highest BCUT2D eigenvalue weighted by molar-refractivity contribution is 5.89. The first-order valence-electron chi connectivity index (χ1n) is 6.54. The number of fused-ring (bicyclic) bond motifs is 1. The van der Waals surface area contributed by atoms with E-state index >= 15 is 0 Å². The minimum Gasteiger partial charge on any atom is -0.545 e. The summed E-state index contributed by atoms with van der Waals surface area (Å²) in [7, 11) is 0. The average molecular weight is 292 g/mol. The first-order valence-corrected chi connectivity index (χ1v) is 6.54. The van der Waals surface area contributed by atoms with E-state index in [1.165, 1.54) is 10.8 Å². The van der Waals surface area contributed by atoms with Crippen LogP contribution in [0.1, 0.15) is 20.7 Å². The van der Waals surface area contributed by atoms with Gasteiger partial charge in [0.25, 0.3) is 0 Å². The molecule has 0 amide bonds. The van der Waals surface area contributed by atoms with Crippen molar-refractivity contribution in [3.05, 3.63) is 83.9 Å². The molecule has 3 aromatic rings. The minimum absolute atomic E-state index is 0.0556. The molecular formula is C18H12O4-2. The Kier molecular flexibility index (Phi) is 4.88. The van der Waals surface area contributed by atoms with E-state index < -0.39 is 11.9 Å². The van der Waals surface area contributed by atoms with Gasteiger partial charge in [0.05, 0.1) is 11.9 Å². The highest BCUT2D eigenvalue weighted by Gasteiger charge is 1.94. The molecule has 0 unspecified atom stereocenters. The second kappa shape index (κ2) is 7.04. The van der Waals surface area contributed by atoms with Gasteiger partial charge in [0.1, 0.15) is 0 Å². The molecule has 0 heterocycles. The second-order valence-electron chi connectivity index (χ2n) is 4.50. The molecule has 0 saturated heterocycles. The zero-order valence-corrected chi connectivity index (χ0v) is 11.6. The van der Waals surface area contributed by atoms with Crippen LogP contribution in [-0.2, 0) is 0 Å². The number of hydrogen-bond acceptors (Lipinski definition) is 4. The predicted molar refractivity (Wildman–Crippen MR) is 79.1 cm³/mol. The summed E-state index contributed by atoms with van der Waals surface area (Å²) < 4.78 is 0. The summed E-state index contributed by atoms with van der Waals surface area (Å²) in [5.74, 6) is -2.67. The van der Waals surface area contributed by atoms with Crippen molar-refractivity contribution >= 4 is 22.7 Å². The monoisotopic (exact) mass is 292 g/mol. The molecule has 0 bridgehead atoms. The van der Waals surface area contributed by atoms with Crippen LogP contribution in [0.2, 0.25) is 0 Å². The number of rotatable bonds is 2. The van der Waals surface area contributed by atoms with Crippen molar-refractivity contribution in [3.63, 3.8) is 0 Å². The summed E-state index contributed by atoms with van der Waals surface area (Å²) in [4.78, 5) is 20.4. The maximum Gasteiger partial charge on any atom is 0.0715 e. The lowest BCUT2D eigenvalue weighted by Crippen LogP contribution is -2.24. The number of aromatic carboxylic acids is 2.